The SMILES string of the molecule is COc1ccc(N2CCN(C(CNC(c3ccccc3C(F)(F)F)C(F)(F)F)c3ccccc3)CC2)c(OC)c1. The second-order valence-electron chi connectivity index (χ2n) is 9.46. The van der Waals surface area contributed by atoms with Gasteiger partial charge >= 0.3 is 12.4 Å². The van der Waals surface area contributed by atoms with Crippen LogP contribution < -0.4 is 19.7 Å². The van der Waals surface area contributed by atoms with E-state index in [1.54, 1.807) is 38.5 Å². The van der Waals surface area contributed by atoms with Crippen LogP contribution in [0.25, 0.3) is 0 Å². The molecule has 1 N–H and O–H groups in total. The van der Waals surface area contributed by atoms with Crippen molar-refractivity contribution < 1.29 is 35.8 Å². The maximum Gasteiger partial charge on any atom is 0.416 e. The fourth-order valence-electron chi connectivity index (χ4n) is 5.09. The Kier molecular flexibility index (Phi) is 9.15. The molecule has 216 valence electrons. The second kappa shape index (κ2) is 12.4. The predicted molar refractivity (Wildman–Crippen MR) is 141 cm³/mol. The van der Waals surface area contributed by atoms with Crippen molar-refractivity contribution in [1.82, 2.24) is 10.2 Å². The third kappa shape index (κ3) is 6.82. The average Bonchev–Trinajstić information content (AvgIpc) is 2.94. The zero-order valence-electron chi connectivity index (χ0n) is 22.1. The molecular weight excluding hydrogens is 536 g/mol. The molecule has 3 aromatic rings. The van der Waals surface area contributed by atoms with Crippen LogP contribution in [-0.2, 0) is 6.18 Å². The van der Waals surface area contributed by atoms with Gasteiger partial charge < -0.3 is 19.7 Å². The van der Waals surface area contributed by atoms with Crippen LogP contribution in [0.3, 0.4) is 0 Å². The van der Waals surface area contributed by atoms with Gasteiger partial charge in [-0.2, -0.15) is 26.3 Å². The quantitative estimate of drug-likeness (QED) is 0.300. The molecule has 0 aliphatic carbocycles. The van der Waals surface area contributed by atoms with Crippen LogP contribution in [0.15, 0.2) is 72.8 Å². The highest BCUT2D eigenvalue weighted by Crippen LogP contribution is 2.41. The smallest absolute Gasteiger partial charge is 0.416 e. The topological polar surface area (TPSA) is 37.0 Å². The lowest BCUT2D eigenvalue weighted by molar-refractivity contribution is -0.163. The summed E-state index contributed by atoms with van der Waals surface area (Å²) >= 11 is 0. The third-order valence-electron chi connectivity index (χ3n) is 7.09. The summed E-state index contributed by atoms with van der Waals surface area (Å²) in [5.74, 6) is 1.30. The number of rotatable bonds is 9. The second-order valence-corrected chi connectivity index (χ2v) is 9.46. The monoisotopic (exact) mass is 567 g/mol. The van der Waals surface area contributed by atoms with Gasteiger partial charge in [-0.05, 0) is 29.3 Å². The Labute approximate surface area is 229 Å². The zero-order valence-corrected chi connectivity index (χ0v) is 22.1. The molecule has 0 bridgehead atoms. The Balaban J connectivity index is 1.56. The summed E-state index contributed by atoms with van der Waals surface area (Å²) in [6.07, 6.45) is -9.86. The first kappa shape index (κ1) is 29.5. The minimum Gasteiger partial charge on any atom is -0.497 e. The first-order valence-corrected chi connectivity index (χ1v) is 12.7. The van der Waals surface area contributed by atoms with Gasteiger partial charge in [0.15, 0.2) is 0 Å². The summed E-state index contributed by atoms with van der Waals surface area (Å²) in [4.78, 5) is 4.18. The molecule has 1 heterocycles. The Morgan fingerprint density at radius 3 is 2.05 bits per heavy atom. The van der Waals surface area contributed by atoms with Crippen LogP contribution in [0.1, 0.15) is 28.8 Å². The Morgan fingerprint density at radius 2 is 1.45 bits per heavy atom. The molecule has 5 nitrogen and oxygen atoms in total. The first-order valence-electron chi connectivity index (χ1n) is 12.7. The van der Waals surface area contributed by atoms with E-state index in [-0.39, 0.29) is 6.54 Å². The molecule has 0 aromatic heterocycles. The molecule has 2 atom stereocenters. The molecule has 1 aliphatic heterocycles. The van der Waals surface area contributed by atoms with Gasteiger partial charge in [0.05, 0.1) is 25.5 Å². The number of nitrogens with zero attached hydrogens (tertiary/aromatic N) is 2. The van der Waals surface area contributed by atoms with Crippen molar-refractivity contribution in [3.05, 3.63) is 89.5 Å². The number of nitrogens with one attached hydrogen (secondary N) is 1. The number of piperazine rings is 1. The molecule has 3 aromatic carbocycles. The molecule has 0 radical (unpaired) electrons. The van der Waals surface area contributed by atoms with Gasteiger partial charge in [0.25, 0.3) is 0 Å². The lowest BCUT2D eigenvalue weighted by atomic mass is 9.98. The molecule has 2 unspecified atom stereocenters. The largest absolute Gasteiger partial charge is 0.497 e. The third-order valence-corrected chi connectivity index (χ3v) is 7.09. The summed E-state index contributed by atoms with van der Waals surface area (Å²) < 4.78 is 94.1. The van der Waals surface area contributed by atoms with Crippen LogP contribution in [0, 0.1) is 0 Å². The zero-order chi connectivity index (χ0) is 28.9. The van der Waals surface area contributed by atoms with Gasteiger partial charge in [-0.3, -0.25) is 4.90 Å². The highest BCUT2D eigenvalue weighted by Gasteiger charge is 2.45. The molecule has 40 heavy (non-hydrogen) atoms. The highest BCUT2D eigenvalue weighted by atomic mass is 19.4. The van der Waals surface area contributed by atoms with Gasteiger partial charge in [0.1, 0.15) is 17.5 Å². The van der Waals surface area contributed by atoms with Gasteiger partial charge in [-0.25, -0.2) is 0 Å². The molecule has 1 fully saturated rings. The van der Waals surface area contributed by atoms with E-state index < -0.39 is 35.6 Å². The Hall–Kier alpha value is -3.44. The molecule has 0 saturated carbocycles. The number of methoxy groups -OCH3 is 2. The summed E-state index contributed by atoms with van der Waals surface area (Å²) in [5.41, 5.74) is -0.498. The van der Waals surface area contributed by atoms with Crippen LogP contribution >= 0.6 is 0 Å². The molecule has 1 aliphatic rings. The maximum atomic E-state index is 14.2. The van der Waals surface area contributed by atoms with E-state index in [2.05, 4.69) is 15.1 Å². The maximum absolute atomic E-state index is 14.2. The summed E-state index contributed by atoms with van der Waals surface area (Å²) in [6, 6.07) is 15.4. The van der Waals surface area contributed by atoms with Crippen LogP contribution in [0.2, 0.25) is 0 Å². The number of alkyl halides is 6. The standard InChI is InChI=1S/C29H31F6N3O2/c1-39-21-12-13-24(26(18-21)40-2)37-14-16-38(17-15-37)25(20-8-4-3-5-9-20)19-36-27(29(33,34)35)22-10-6-7-11-23(22)28(30,31)32/h3-13,18,25,27,36H,14-17,19H2,1-2H3. The first-order chi connectivity index (χ1) is 19.0. The minimum absolute atomic E-state index is 0.202. The summed E-state index contributed by atoms with van der Waals surface area (Å²) in [7, 11) is 3.13. The van der Waals surface area contributed by atoms with E-state index in [1.165, 1.54) is 6.07 Å². The normalized spacial score (nSPS) is 16.4. The van der Waals surface area contributed by atoms with Crippen molar-refractivity contribution in [1.29, 1.82) is 0 Å². The predicted octanol–water partition coefficient (Wildman–Crippen LogP) is 6.48. The summed E-state index contributed by atoms with van der Waals surface area (Å²) in [6.45, 7) is 1.99. The fraction of sp³-hybridized carbons (Fsp3) is 0.379. The van der Waals surface area contributed by atoms with Gasteiger partial charge in [-0.1, -0.05) is 48.5 Å². The van der Waals surface area contributed by atoms with Crippen molar-refractivity contribution in [3.63, 3.8) is 0 Å². The van der Waals surface area contributed by atoms with Crippen molar-refractivity contribution in [2.75, 3.05) is 51.8 Å². The van der Waals surface area contributed by atoms with E-state index in [9.17, 15) is 26.3 Å². The van der Waals surface area contributed by atoms with Crippen LogP contribution in [0.5, 0.6) is 11.5 Å². The summed E-state index contributed by atoms with van der Waals surface area (Å²) in [5, 5.41) is 2.44. The average molecular weight is 568 g/mol. The van der Waals surface area contributed by atoms with Gasteiger partial charge in [0, 0.05) is 44.8 Å². The van der Waals surface area contributed by atoms with Crippen molar-refractivity contribution >= 4 is 5.69 Å². The van der Waals surface area contributed by atoms with E-state index in [1.807, 2.05) is 24.3 Å². The van der Waals surface area contributed by atoms with Crippen molar-refractivity contribution in [2.45, 2.75) is 24.4 Å². The molecule has 11 heteroatoms. The molecular formula is C29H31F6N3O2. The lowest BCUT2D eigenvalue weighted by Gasteiger charge is -2.41. The number of hydrogen-bond acceptors (Lipinski definition) is 5. The van der Waals surface area contributed by atoms with Gasteiger partial charge in [-0.15, -0.1) is 0 Å². The number of anilines is 1. The van der Waals surface area contributed by atoms with Gasteiger partial charge in [0.2, 0.25) is 0 Å². The molecule has 4 rings (SSSR count). The van der Waals surface area contributed by atoms with Crippen LogP contribution in [-0.4, -0.2) is 58.0 Å². The molecule has 0 spiro atoms. The fourth-order valence-corrected chi connectivity index (χ4v) is 5.09. The number of ether oxygens (including phenoxy) is 2. The molecule has 1 saturated heterocycles. The minimum atomic E-state index is -4.94. The van der Waals surface area contributed by atoms with Crippen LogP contribution in [0.4, 0.5) is 32.0 Å². The van der Waals surface area contributed by atoms with E-state index in [4.69, 9.17) is 9.47 Å². The number of benzene rings is 3. The van der Waals surface area contributed by atoms with Crippen molar-refractivity contribution in [3.8, 4) is 11.5 Å². The highest BCUT2D eigenvalue weighted by molar-refractivity contribution is 5.61. The number of hydrogen-bond donors (Lipinski definition) is 1. The van der Waals surface area contributed by atoms with Crippen molar-refractivity contribution in [2.24, 2.45) is 0 Å². The number of halogens is 6. The molecule has 0 amide bonds. The van der Waals surface area contributed by atoms with E-state index >= 15 is 0 Å². The Bertz CT molecular complexity index is 1240. The lowest BCUT2D eigenvalue weighted by Crippen LogP contribution is -2.50. The Morgan fingerprint density at radius 1 is 0.800 bits per heavy atom. The van der Waals surface area contributed by atoms with E-state index in [0.717, 1.165) is 23.4 Å². The van der Waals surface area contributed by atoms with E-state index in [0.29, 0.717) is 43.7 Å².